The fraction of sp³-hybridized carbons (Fsp3) is 0.333. The Kier molecular flexibility index (Phi) is 10.7. The number of nitrogens with two attached hydrogens (primary N) is 1. The molecule has 38 heavy (non-hydrogen) atoms. The van der Waals surface area contributed by atoms with Crippen LogP contribution in [0.2, 0.25) is 0 Å². The number of anilines is 1. The molecule has 2 aliphatic heterocycles. The number of rotatable bonds is 8. The molecule has 1 radical (unpaired) electrons. The van der Waals surface area contributed by atoms with E-state index >= 15 is 0 Å². The molecule has 2 aliphatic rings. The van der Waals surface area contributed by atoms with Gasteiger partial charge in [-0.05, 0) is 5.57 Å². The van der Waals surface area contributed by atoms with E-state index in [0.29, 0.717) is 5.57 Å². The average molecular weight is 596 g/mol. The van der Waals surface area contributed by atoms with Gasteiger partial charge in [0.1, 0.15) is 29.9 Å². The molecule has 0 spiro atoms. The number of H-pyrrole nitrogens is 1. The number of aryl methyl sites for hydroxylation is 1. The maximum atomic E-state index is 12.9. The first-order chi connectivity index (χ1) is 17.1. The second kappa shape index (κ2) is 12.9. The third kappa shape index (κ3) is 6.14. The largest absolute Gasteiger partial charge is 0.477 e. The quantitative estimate of drug-likeness (QED) is 0.0603. The van der Waals surface area contributed by atoms with Crippen LogP contribution in [0.1, 0.15) is 5.69 Å². The SMILES string of the molecule is CO/N=C(/C(=O)NC1C(=O)N2C(C(=O)O)=C(CSc3nc(=O)c(=O)[nH]n3C)CSC12)c1csc(N)n1.O.[Na]. The summed E-state index contributed by atoms with van der Waals surface area (Å²) < 4.78 is 1.25. The van der Waals surface area contributed by atoms with Crippen LogP contribution < -0.4 is 22.2 Å². The summed E-state index contributed by atoms with van der Waals surface area (Å²) in [5.41, 5.74) is 4.00. The second-order valence-corrected chi connectivity index (χ2v) is 10.2. The van der Waals surface area contributed by atoms with Crippen molar-refractivity contribution >= 4 is 93.0 Å². The molecule has 4 heterocycles. The number of hydrogen-bond acceptors (Lipinski definition) is 13. The van der Waals surface area contributed by atoms with Gasteiger partial charge in [-0.25, -0.2) is 9.78 Å². The number of aromatic nitrogens is 4. The van der Waals surface area contributed by atoms with Crippen LogP contribution in [0.25, 0.3) is 0 Å². The number of nitrogen functional groups attached to an aromatic ring is 1. The van der Waals surface area contributed by atoms with Crippen LogP contribution in [0, 0.1) is 0 Å². The predicted octanol–water partition coefficient (Wildman–Crippen LogP) is -2.82. The Morgan fingerprint density at radius 3 is 2.68 bits per heavy atom. The Balaban J connectivity index is 0.00000253. The van der Waals surface area contributed by atoms with E-state index in [1.807, 2.05) is 0 Å². The van der Waals surface area contributed by atoms with Gasteiger partial charge in [-0.2, -0.15) is 4.98 Å². The normalized spacial score (nSPS) is 18.5. The monoisotopic (exact) mass is 595 g/mol. The van der Waals surface area contributed by atoms with E-state index in [1.165, 1.54) is 36.0 Å². The van der Waals surface area contributed by atoms with Crippen molar-refractivity contribution in [1.29, 1.82) is 0 Å². The van der Waals surface area contributed by atoms with Gasteiger partial charge in [0, 0.05) is 53.5 Å². The van der Waals surface area contributed by atoms with E-state index in [4.69, 9.17) is 10.6 Å². The molecule has 20 heteroatoms. The number of oxime groups is 1. The molecule has 16 nitrogen and oxygen atoms in total. The molecular formula is C18H20N8NaO8S3. The number of carboxylic acids is 1. The van der Waals surface area contributed by atoms with E-state index in [9.17, 15) is 29.1 Å². The van der Waals surface area contributed by atoms with E-state index in [2.05, 4.69) is 25.5 Å². The van der Waals surface area contributed by atoms with Gasteiger partial charge < -0.3 is 26.5 Å². The number of carboxylic acid groups (broad SMARTS) is 1. The van der Waals surface area contributed by atoms with Crippen LogP contribution in [-0.2, 0) is 26.3 Å². The summed E-state index contributed by atoms with van der Waals surface area (Å²) in [6.45, 7) is 0. The first-order valence-corrected chi connectivity index (χ1v) is 12.9. The Morgan fingerprint density at radius 1 is 1.37 bits per heavy atom. The molecule has 2 unspecified atom stereocenters. The number of amides is 2. The Labute approximate surface area is 247 Å². The topological polar surface area (TPSA) is 246 Å². The summed E-state index contributed by atoms with van der Waals surface area (Å²) in [5.74, 6) is -2.30. The third-order valence-corrected chi connectivity index (χ3v) is 8.15. The molecule has 0 aliphatic carbocycles. The van der Waals surface area contributed by atoms with Crippen molar-refractivity contribution in [3.8, 4) is 0 Å². The minimum atomic E-state index is -1.31. The van der Waals surface area contributed by atoms with E-state index in [0.717, 1.165) is 28.0 Å². The van der Waals surface area contributed by atoms with Crippen LogP contribution in [0.3, 0.4) is 0 Å². The van der Waals surface area contributed by atoms with Gasteiger partial charge in [0.05, 0.1) is 0 Å². The van der Waals surface area contributed by atoms with Crippen LogP contribution >= 0.6 is 34.9 Å². The molecule has 0 saturated carbocycles. The van der Waals surface area contributed by atoms with Crippen molar-refractivity contribution in [2.45, 2.75) is 16.6 Å². The van der Waals surface area contributed by atoms with Crippen molar-refractivity contribution in [2.24, 2.45) is 12.2 Å². The molecule has 0 bridgehead atoms. The average Bonchev–Trinajstić information content (AvgIpc) is 3.27. The molecule has 7 N–H and O–H groups in total. The summed E-state index contributed by atoms with van der Waals surface area (Å²) in [5, 5.41) is 19.6. The summed E-state index contributed by atoms with van der Waals surface area (Å²) in [4.78, 5) is 74.3. The van der Waals surface area contributed by atoms with Gasteiger partial charge in [0.15, 0.2) is 16.0 Å². The fourth-order valence-electron chi connectivity index (χ4n) is 3.44. The summed E-state index contributed by atoms with van der Waals surface area (Å²) >= 11 is 3.41. The molecule has 0 aromatic carbocycles. The summed E-state index contributed by atoms with van der Waals surface area (Å²) in [6, 6.07) is -0.995. The fourth-order valence-corrected chi connectivity index (χ4v) is 6.39. The second-order valence-electron chi connectivity index (χ2n) is 7.30. The maximum Gasteiger partial charge on any atom is 0.352 e. The van der Waals surface area contributed by atoms with Crippen molar-refractivity contribution in [3.05, 3.63) is 43.1 Å². The molecule has 2 aromatic rings. The molecule has 2 amide bonds. The number of nitrogens with zero attached hydrogens (tertiary/aromatic N) is 5. The van der Waals surface area contributed by atoms with Gasteiger partial charge >= 0.3 is 17.1 Å². The van der Waals surface area contributed by atoms with Crippen LogP contribution in [0.15, 0.2) is 36.6 Å². The Bertz CT molecular complexity index is 1440. The first-order valence-electron chi connectivity index (χ1n) is 9.96. The van der Waals surface area contributed by atoms with Gasteiger partial charge in [-0.3, -0.25) is 33.9 Å². The molecule has 4 rings (SSSR count). The van der Waals surface area contributed by atoms with E-state index < -0.39 is 40.3 Å². The van der Waals surface area contributed by atoms with E-state index in [1.54, 1.807) is 0 Å². The smallest absolute Gasteiger partial charge is 0.352 e. The number of carbonyl (C=O) groups excluding carboxylic acids is 2. The summed E-state index contributed by atoms with van der Waals surface area (Å²) in [7, 11) is 2.74. The maximum absolute atomic E-state index is 12.9. The van der Waals surface area contributed by atoms with Gasteiger partial charge in [-0.1, -0.05) is 16.9 Å². The van der Waals surface area contributed by atoms with Crippen molar-refractivity contribution in [2.75, 3.05) is 24.3 Å². The van der Waals surface area contributed by atoms with Gasteiger partial charge in [0.2, 0.25) is 0 Å². The van der Waals surface area contributed by atoms with Crippen LogP contribution in [-0.4, -0.2) is 118 Å². The minimum absolute atomic E-state index is 0. The number of β-lactam (4-membered cyclic amide) rings is 1. The van der Waals surface area contributed by atoms with Crippen molar-refractivity contribution in [1.82, 2.24) is 30.0 Å². The number of nitrogens with one attached hydrogen (secondary N) is 2. The number of aliphatic carboxylic acids is 1. The number of thiazole rings is 1. The van der Waals surface area contributed by atoms with Gasteiger partial charge in [-0.15, -0.1) is 23.1 Å². The zero-order valence-electron chi connectivity index (χ0n) is 20.1. The summed E-state index contributed by atoms with van der Waals surface area (Å²) in [6.07, 6.45) is 0. The zero-order valence-corrected chi connectivity index (χ0v) is 24.5. The zero-order chi connectivity index (χ0) is 26.1. The molecule has 2 atom stereocenters. The first kappa shape index (κ1) is 31.5. The van der Waals surface area contributed by atoms with Crippen LogP contribution in [0.4, 0.5) is 5.13 Å². The molecule has 2 aromatic heterocycles. The molecule has 1 fully saturated rings. The molecular weight excluding hydrogens is 575 g/mol. The van der Waals surface area contributed by atoms with Crippen LogP contribution in [0.5, 0.6) is 0 Å². The van der Waals surface area contributed by atoms with E-state index in [-0.39, 0.29) is 73.9 Å². The number of fused-ring (bicyclic) bond motifs is 1. The number of carbonyl (C=O) groups is 3. The third-order valence-electron chi connectivity index (χ3n) is 5.02. The van der Waals surface area contributed by atoms with Crippen molar-refractivity contribution < 1.29 is 29.8 Å². The van der Waals surface area contributed by atoms with Gasteiger partial charge in [0.25, 0.3) is 11.8 Å². The minimum Gasteiger partial charge on any atom is -0.477 e. The number of aromatic amines is 1. The Hall–Kier alpha value is -2.68. The predicted molar refractivity (Wildman–Crippen MR) is 140 cm³/mol. The number of thioether (sulfide) groups is 2. The molecule has 1 saturated heterocycles. The van der Waals surface area contributed by atoms with Crippen molar-refractivity contribution in [3.63, 3.8) is 0 Å². The number of hydrogen-bond donors (Lipinski definition) is 4. The standard InChI is InChI=1S/C18H18N8O7S3.Na.H2O/c1-25-18(22-12(28)13(29)23-25)36-4-6-3-34-15-9(14(30)26(15)10(6)16(31)32)21-11(27)8(24-33-2)7-5-35-17(19)20-7;;/h5,9,15H,3-4H2,1-2H3,(H2,19,20)(H,21,27)(H,23,29)(H,31,32);;1H2/b24-8+;;. The Morgan fingerprint density at radius 2 is 2.08 bits per heavy atom. The molecule has 199 valence electrons.